The van der Waals surface area contributed by atoms with Gasteiger partial charge in [0.1, 0.15) is 95.4 Å². The molecule has 2 aromatic carbocycles. The number of rotatable bonds is 10. The van der Waals surface area contributed by atoms with Crippen molar-refractivity contribution >= 4 is 11.0 Å². The molecule has 3 saturated heterocycles. The van der Waals surface area contributed by atoms with Crippen LogP contribution in [0.25, 0.3) is 22.3 Å². The molecule has 0 aliphatic carbocycles. The first-order chi connectivity index (χ1) is 25.7. The van der Waals surface area contributed by atoms with Gasteiger partial charge in [0.25, 0.3) is 0 Å². The van der Waals surface area contributed by atoms with Crippen molar-refractivity contribution in [2.45, 2.75) is 92.1 Å². The van der Waals surface area contributed by atoms with E-state index in [-0.39, 0.29) is 16.9 Å². The predicted octanol–water partition coefficient (Wildman–Crippen LogP) is -4.95. The highest BCUT2D eigenvalue weighted by Gasteiger charge is 2.52. The second kappa shape index (κ2) is 16.2. The molecule has 7 unspecified atom stereocenters. The number of phenolic OH excluding ortho intramolecular Hbond substituents is 2. The van der Waals surface area contributed by atoms with Crippen molar-refractivity contribution in [2.24, 2.45) is 0 Å². The highest BCUT2D eigenvalue weighted by Crippen LogP contribution is 2.39. The molecule has 1 aromatic heterocycles. The van der Waals surface area contributed by atoms with Gasteiger partial charge in [-0.3, -0.25) is 4.79 Å². The molecule has 4 heterocycles. The lowest BCUT2D eigenvalue weighted by molar-refractivity contribution is -0.358. The van der Waals surface area contributed by atoms with Crippen molar-refractivity contribution in [3.8, 4) is 34.3 Å². The lowest BCUT2D eigenvalue weighted by Gasteiger charge is -2.45. The Kier molecular flexibility index (Phi) is 11.9. The Morgan fingerprint density at radius 3 is 1.69 bits per heavy atom. The van der Waals surface area contributed by atoms with Crippen LogP contribution in [0.2, 0.25) is 0 Å². The topological polar surface area (TPSA) is 349 Å². The van der Waals surface area contributed by atoms with Crippen LogP contribution in [0, 0.1) is 0 Å². The lowest BCUT2D eigenvalue weighted by atomic mass is 9.97. The zero-order chi connectivity index (χ0) is 39.2. The van der Waals surface area contributed by atoms with Crippen LogP contribution in [0.15, 0.2) is 45.6 Å². The standard InChI is InChI=1S/C33H40O21/c34-7-15-19(39)23(43)26(46)31(50-15)48-12-3-1-10(2-4-12)28-29(22(42)18-13(38)5-11(37)6-14(18)49-28)53-33-30(25(45)21(41)17(9-36)52-33)54-32-27(47)24(44)20(40)16(8-35)51-32/h1-6,15-17,19-21,23-27,30-41,43-47H,7-9H2/t15?,16?,17?,19-,20-,21-,23?,24?,25?,26-,27-,30?,31-,32+,33+/m1/s1. The molecular weight excluding hydrogens is 732 g/mol. The van der Waals surface area contributed by atoms with Gasteiger partial charge in [0, 0.05) is 17.7 Å². The molecule has 298 valence electrons. The van der Waals surface area contributed by atoms with Crippen LogP contribution in [0.1, 0.15) is 0 Å². The van der Waals surface area contributed by atoms with Crippen LogP contribution >= 0.6 is 0 Å². The summed E-state index contributed by atoms with van der Waals surface area (Å²) in [5, 5.41) is 133. The van der Waals surface area contributed by atoms with E-state index >= 15 is 0 Å². The summed E-state index contributed by atoms with van der Waals surface area (Å²) in [7, 11) is 0. The molecule has 21 nitrogen and oxygen atoms in total. The maximum absolute atomic E-state index is 14.0. The maximum Gasteiger partial charge on any atom is 0.239 e. The van der Waals surface area contributed by atoms with Crippen LogP contribution in [0.4, 0.5) is 0 Å². The molecule has 3 aliphatic rings. The number of hydrogen-bond donors (Lipinski definition) is 13. The molecule has 3 aliphatic heterocycles. The predicted molar refractivity (Wildman–Crippen MR) is 173 cm³/mol. The largest absolute Gasteiger partial charge is 0.508 e. The minimum Gasteiger partial charge on any atom is -0.508 e. The van der Waals surface area contributed by atoms with Gasteiger partial charge in [0.15, 0.2) is 18.2 Å². The molecule has 21 heteroatoms. The minimum absolute atomic E-state index is 0.00970. The van der Waals surface area contributed by atoms with E-state index in [1.807, 2.05) is 0 Å². The summed E-state index contributed by atoms with van der Waals surface area (Å²) < 4.78 is 39.6. The number of hydrogen-bond acceptors (Lipinski definition) is 21. The third-order valence-corrected chi connectivity index (χ3v) is 9.33. The average molecular weight is 773 g/mol. The number of aromatic hydroxyl groups is 2. The second-order valence-corrected chi connectivity index (χ2v) is 12.9. The van der Waals surface area contributed by atoms with Gasteiger partial charge >= 0.3 is 0 Å². The number of phenols is 2. The summed E-state index contributed by atoms with van der Waals surface area (Å²) in [5.41, 5.74) is -1.35. The molecule has 0 radical (unpaired) electrons. The van der Waals surface area contributed by atoms with Gasteiger partial charge in [-0.2, -0.15) is 0 Å². The minimum atomic E-state index is -2.01. The van der Waals surface area contributed by atoms with Crippen LogP contribution < -0.4 is 14.9 Å². The zero-order valence-electron chi connectivity index (χ0n) is 27.8. The van der Waals surface area contributed by atoms with Gasteiger partial charge in [-0.25, -0.2) is 0 Å². The van der Waals surface area contributed by atoms with Gasteiger partial charge in [-0.05, 0) is 24.3 Å². The number of aliphatic hydroxyl groups excluding tert-OH is 11. The number of benzene rings is 2. The van der Waals surface area contributed by atoms with E-state index in [2.05, 4.69) is 0 Å². The first kappa shape index (κ1) is 39.9. The van der Waals surface area contributed by atoms with E-state index in [0.717, 1.165) is 12.1 Å². The van der Waals surface area contributed by atoms with Gasteiger partial charge in [-0.1, -0.05) is 0 Å². The van der Waals surface area contributed by atoms with Crippen LogP contribution in [0.5, 0.6) is 23.0 Å². The molecule has 3 fully saturated rings. The van der Waals surface area contributed by atoms with Gasteiger partial charge in [-0.15, -0.1) is 0 Å². The Hall–Kier alpha value is -3.75. The Balaban J connectivity index is 1.37. The van der Waals surface area contributed by atoms with Crippen LogP contribution in [0.3, 0.4) is 0 Å². The fourth-order valence-corrected chi connectivity index (χ4v) is 6.30. The van der Waals surface area contributed by atoms with Crippen LogP contribution in [-0.2, 0) is 18.9 Å². The lowest BCUT2D eigenvalue weighted by Crippen LogP contribution is -2.65. The van der Waals surface area contributed by atoms with Crippen molar-refractivity contribution in [3.05, 3.63) is 46.6 Å². The molecule has 0 bridgehead atoms. The van der Waals surface area contributed by atoms with Gasteiger partial charge in [0.05, 0.1) is 19.8 Å². The van der Waals surface area contributed by atoms with Crippen molar-refractivity contribution in [1.82, 2.24) is 0 Å². The smallest absolute Gasteiger partial charge is 0.239 e. The average Bonchev–Trinajstić information content (AvgIpc) is 3.15. The first-order valence-corrected chi connectivity index (χ1v) is 16.5. The third-order valence-electron chi connectivity index (χ3n) is 9.33. The van der Waals surface area contributed by atoms with E-state index < -0.39 is 146 Å². The quantitative estimate of drug-likeness (QED) is 0.0918. The zero-order valence-corrected chi connectivity index (χ0v) is 27.8. The van der Waals surface area contributed by atoms with Gasteiger partial charge in [0.2, 0.25) is 23.8 Å². The third kappa shape index (κ3) is 7.45. The highest BCUT2D eigenvalue weighted by molar-refractivity contribution is 5.88. The number of aliphatic hydroxyl groups is 11. The highest BCUT2D eigenvalue weighted by atomic mass is 16.8. The fraction of sp³-hybridized carbons (Fsp3) is 0.545. The Labute approximate surface area is 303 Å². The first-order valence-electron chi connectivity index (χ1n) is 16.5. The summed E-state index contributed by atoms with van der Waals surface area (Å²) >= 11 is 0. The fourth-order valence-electron chi connectivity index (χ4n) is 6.30. The van der Waals surface area contributed by atoms with Gasteiger partial charge < -0.3 is 99.2 Å². The van der Waals surface area contributed by atoms with Crippen molar-refractivity contribution in [1.29, 1.82) is 0 Å². The Morgan fingerprint density at radius 1 is 0.593 bits per heavy atom. The number of fused-ring (bicyclic) bond motifs is 1. The van der Waals surface area contributed by atoms with E-state index in [4.69, 9.17) is 32.8 Å². The summed E-state index contributed by atoms with van der Waals surface area (Å²) in [5.74, 6) is -2.33. The number of ether oxygens (including phenoxy) is 6. The molecule has 0 saturated carbocycles. The molecule has 13 N–H and O–H groups in total. The molecule has 54 heavy (non-hydrogen) atoms. The van der Waals surface area contributed by atoms with E-state index in [9.17, 15) is 71.2 Å². The molecule has 0 amide bonds. The molecule has 6 rings (SSSR count). The SMILES string of the molecule is O=c1c(O[C@@H]2OC(CO)[C@@H](O)C(O)C2O[C@@H]2OC(CO)[C@@H](O)C(O)[C@H]2O)c(-c2ccc(O[C@@H]3OC(CO)[C@@H](O)C(O)[C@H]3O)cc2)oc2cc(O)cc(O)c12. The van der Waals surface area contributed by atoms with Crippen molar-refractivity contribution < 1.29 is 99.2 Å². The summed E-state index contributed by atoms with van der Waals surface area (Å²) in [6.07, 6.45) is -26.2. The normalized spacial score (nSPS) is 37.3. The van der Waals surface area contributed by atoms with E-state index in [1.54, 1.807) is 0 Å². The van der Waals surface area contributed by atoms with E-state index in [1.165, 1.54) is 24.3 Å². The summed E-state index contributed by atoms with van der Waals surface area (Å²) in [6, 6.07) is 7.10. The monoisotopic (exact) mass is 772 g/mol. The summed E-state index contributed by atoms with van der Waals surface area (Å²) in [6.45, 7) is -2.43. The summed E-state index contributed by atoms with van der Waals surface area (Å²) in [4.78, 5) is 14.0. The van der Waals surface area contributed by atoms with Crippen molar-refractivity contribution in [2.75, 3.05) is 19.8 Å². The Morgan fingerprint density at radius 2 is 1.11 bits per heavy atom. The van der Waals surface area contributed by atoms with E-state index in [0.29, 0.717) is 0 Å². The molecular formula is C33H40O21. The molecule has 15 atom stereocenters. The maximum atomic E-state index is 14.0. The Bertz CT molecular complexity index is 1800. The van der Waals surface area contributed by atoms with Crippen LogP contribution in [-0.4, -0.2) is 178 Å². The molecule has 0 spiro atoms. The van der Waals surface area contributed by atoms with Crippen molar-refractivity contribution in [3.63, 3.8) is 0 Å². The second-order valence-electron chi connectivity index (χ2n) is 12.9. The molecule has 3 aromatic rings.